The first-order valence-corrected chi connectivity index (χ1v) is 5.34. The molecule has 2 atom stereocenters. The van der Waals surface area contributed by atoms with Crippen molar-refractivity contribution in [1.82, 2.24) is 10.6 Å². The van der Waals surface area contributed by atoms with Gasteiger partial charge in [0.2, 0.25) is 0 Å². The van der Waals surface area contributed by atoms with Gasteiger partial charge in [0.15, 0.2) is 0 Å². The lowest BCUT2D eigenvalue weighted by molar-refractivity contribution is 0.242. The van der Waals surface area contributed by atoms with E-state index in [1.165, 1.54) is 32.1 Å². The van der Waals surface area contributed by atoms with Crippen LogP contribution < -0.4 is 10.6 Å². The Balaban J connectivity index is 1.95. The average Bonchev–Trinajstić information content (AvgIpc) is 2.47. The van der Waals surface area contributed by atoms with Crippen LogP contribution in [0.5, 0.6) is 0 Å². The molecule has 2 N–H and O–H groups in total. The van der Waals surface area contributed by atoms with Crippen LogP contribution in [0.3, 0.4) is 0 Å². The van der Waals surface area contributed by atoms with E-state index in [1.807, 2.05) is 0 Å². The number of carbonyl (C=O) groups excluding carboxylic acids is 1. The molecule has 1 saturated carbocycles. The summed E-state index contributed by atoms with van der Waals surface area (Å²) >= 11 is 0. The van der Waals surface area contributed by atoms with Crippen LogP contribution in [-0.2, 0) is 0 Å². The zero-order chi connectivity index (χ0) is 9.26. The van der Waals surface area contributed by atoms with Crippen molar-refractivity contribution in [3.8, 4) is 0 Å². The molecule has 2 aliphatic rings. The van der Waals surface area contributed by atoms with E-state index in [9.17, 15) is 4.79 Å². The minimum atomic E-state index is 0.0167. The summed E-state index contributed by atoms with van der Waals surface area (Å²) in [6, 6.07) is 0.714. The lowest BCUT2D eigenvalue weighted by Crippen LogP contribution is -2.39. The standard InChI is InChI=1S/C10H18N2O/c1-7-9(12-10(13)11-7)8-5-3-2-4-6-8/h7-9H,2-6H2,1H3,(H2,11,12,13)/t7-,9?/m1/s1. The van der Waals surface area contributed by atoms with E-state index in [0.29, 0.717) is 18.0 Å². The van der Waals surface area contributed by atoms with Crippen LogP contribution >= 0.6 is 0 Å². The fourth-order valence-electron chi connectivity index (χ4n) is 2.63. The minimum absolute atomic E-state index is 0.0167. The fraction of sp³-hybridized carbons (Fsp3) is 0.900. The second-order valence-electron chi connectivity index (χ2n) is 4.33. The Kier molecular flexibility index (Phi) is 2.42. The van der Waals surface area contributed by atoms with Gasteiger partial charge in [-0.05, 0) is 25.7 Å². The summed E-state index contributed by atoms with van der Waals surface area (Å²) in [5.41, 5.74) is 0. The van der Waals surface area contributed by atoms with Gasteiger partial charge in [0, 0.05) is 6.04 Å². The first-order chi connectivity index (χ1) is 6.27. The van der Waals surface area contributed by atoms with Crippen LogP contribution in [0.1, 0.15) is 39.0 Å². The SMILES string of the molecule is C[C@H]1NC(=O)NC1C1CCCCC1. The molecule has 0 radical (unpaired) electrons. The highest BCUT2D eigenvalue weighted by molar-refractivity contribution is 5.77. The van der Waals surface area contributed by atoms with Crippen molar-refractivity contribution in [1.29, 1.82) is 0 Å². The van der Waals surface area contributed by atoms with Crippen LogP contribution in [0.2, 0.25) is 0 Å². The third kappa shape index (κ3) is 1.79. The second kappa shape index (κ2) is 3.56. The van der Waals surface area contributed by atoms with Gasteiger partial charge in [-0.25, -0.2) is 4.79 Å². The zero-order valence-electron chi connectivity index (χ0n) is 8.18. The number of carbonyl (C=O) groups is 1. The summed E-state index contributed by atoms with van der Waals surface area (Å²) in [4.78, 5) is 11.1. The molecule has 0 aromatic rings. The molecule has 2 fully saturated rings. The van der Waals surface area contributed by atoms with Crippen molar-refractivity contribution >= 4 is 6.03 Å². The van der Waals surface area contributed by atoms with Crippen molar-refractivity contribution in [2.24, 2.45) is 5.92 Å². The predicted octanol–water partition coefficient (Wildman–Crippen LogP) is 1.64. The minimum Gasteiger partial charge on any atom is -0.334 e. The zero-order valence-corrected chi connectivity index (χ0v) is 8.18. The van der Waals surface area contributed by atoms with E-state index in [0.717, 1.165) is 0 Å². The van der Waals surface area contributed by atoms with Gasteiger partial charge in [0.1, 0.15) is 0 Å². The molecule has 1 heterocycles. The molecular weight excluding hydrogens is 164 g/mol. The van der Waals surface area contributed by atoms with Gasteiger partial charge < -0.3 is 10.6 Å². The number of rotatable bonds is 1. The number of hydrogen-bond acceptors (Lipinski definition) is 1. The van der Waals surface area contributed by atoms with Crippen LogP contribution in [0.25, 0.3) is 0 Å². The summed E-state index contributed by atoms with van der Waals surface area (Å²) in [7, 11) is 0. The Labute approximate surface area is 79.3 Å². The van der Waals surface area contributed by atoms with Gasteiger partial charge in [-0.1, -0.05) is 19.3 Å². The molecule has 2 rings (SSSR count). The smallest absolute Gasteiger partial charge is 0.315 e. The topological polar surface area (TPSA) is 41.1 Å². The normalized spacial score (nSPS) is 35.6. The van der Waals surface area contributed by atoms with E-state index in [1.54, 1.807) is 0 Å². The fourth-order valence-corrected chi connectivity index (χ4v) is 2.63. The van der Waals surface area contributed by atoms with Crippen LogP contribution in [0.15, 0.2) is 0 Å². The molecule has 13 heavy (non-hydrogen) atoms. The molecule has 0 aromatic carbocycles. The van der Waals surface area contributed by atoms with Crippen molar-refractivity contribution in [3.63, 3.8) is 0 Å². The van der Waals surface area contributed by atoms with E-state index in [-0.39, 0.29) is 6.03 Å². The molecule has 1 unspecified atom stereocenters. The molecule has 1 aliphatic carbocycles. The largest absolute Gasteiger partial charge is 0.334 e. The molecule has 1 aliphatic heterocycles. The summed E-state index contributed by atoms with van der Waals surface area (Å²) < 4.78 is 0. The van der Waals surface area contributed by atoms with Gasteiger partial charge in [-0.15, -0.1) is 0 Å². The Bertz CT molecular complexity index is 199. The number of amides is 2. The first kappa shape index (κ1) is 8.85. The first-order valence-electron chi connectivity index (χ1n) is 5.34. The quantitative estimate of drug-likeness (QED) is 0.636. The van der Waals surface area contributed by atoms with E-state index < -0.39 is 0 Å². The summed E-state index contributed by atoms with van der Waals surface area (Å²) in [6.07, 6.45) is 6.63. The van der Waals surface area contributed by atoms with Gasteiger partial charge in [-0.3, -0.25) is 0 Å². The van der Waals surface area contributed by atoms with Gasteiger partial charge in [-0.2, -0.15) is 0 Å². The molecule has 0 bridgehead atoms. The van der Waals surface area contributed by atoms with Gasteiger partial charge >= 0.3 is 6.03 Å². The van der Waals surface area contributed by atoms with Crippen molar-refractivity contribution in [3.05, 3.63) is 0 Å². The van der Waals surface area contributed by atoms with Crippen molar-refractivity contribution < 1.29 is 4.79 Å². The summed E-state index contributed by atoms with van der Waals surface area (Å²) in [5, 5.41) is 5.94. The molecule has 3 heteroatoms. The monoisotopic (exact) mass is 182 g/mol. The van der Waals surface area contributed by atoms with Gasteiger partial charge in [0.05, 0.1) is 6.04 Å². The number of urea groups is 1. The Hall–Kier alpha value is -0.730. The molecule has 0 spiro atoms. The van der Waals surface area contributed by atoms with E-state index in [4.69, 9.17) is 0 Å². The van der Waals surface area contributed by atoms with Crippen LogP contribution in [-0.4, -0.2) is 18.1 Å². The lowest BCUT2D eigenvalue weighted by Gasteiger charge is -2.28. The predicted molar refractivity (Wildman–Crippen MR) is 51.5 cm³/mol. The maximum atomic E-state index is 11.1. The molecule has 3 nitrogen and oxygen atoms in total. The Morgan fingerprint density at radius 2 is 1.85 bits per heavy atom. The maximum absolute atomic E-state index is 11.1. The second-order valence-corrected chi connectivity index (χ2v) is 4.33. The highest BCUT2D eigenvalue weighted by Crippen LogP contribution is 2.28. The number of nitrogens with one attached hydrogen (secondary N) is 2. The van der Waals surface area contributed by atoms with Crippen molar-refractivity contribution in [2.75, 3.05) is 0 Å². The lowest BCUT2D eigenvalue weighted by atomic mass is 9.82. The third-order valence-corrected chi connectivity index (χ3v) is 3.35. The van der Waals surface area contributed by atoms with E-state index in [2.05, 4.69) is 17.6 Å². The maximum Gasteiger partial charge on any atom is 0.315 e. The Morgan fingerprint density at radius 3 is 2.38 bits per heavy atom. The summed E-state index contributed by atoms with van der Waals surface area (Å²) in [5.74, 6) is 0.711. The average molecular weight is 182 g/mol. The highest BCUT2D eigenvalue weighted by Gasteiger charge is 2.34. The molecular formula is C10H18N2O. The molecule has 2 amide bonds. The van der Waals surface area contributed by atoms with Crippen LogP contribution in [0, 0.1) is 5.92 Å². The summed E-state index contributed by atoms with van der Waals surface area (Å²) in [6.45, 7) is 2.09. The van der Waals surface area contributed by atoms with Crippen LogP contribution in [0.4, 0.5) is 4.79 Å². The molecule has 74 valence electrons. The van der Waals surface area contributed by atoms with E-state index >= 15 is 0 Å². The number of hydrogen-bond donors (Lipinski definition) is 2. The van der Waals surface area contributed by atoms with Gasteiger partial charge in [0.25, 0.3) is 0 Å². The third-order valence-electron chi connectivity index (χ3n) is 3.35. The van der Waals surface area contributed by atoms with Crippen molar-refractivity contribution in [2.45, 2.75) is 51.1 Å². The molecule has 0 aromatic heterocycles. The molecule has 1 saturated heterocycles. The highest BCUT2D eigenvalue weighted by atomic mass is 16.2. The Morgan fingerprint density at radius 1 is 1.15 bits per heavy atom.